The summed E-state index contributed by atoms with van der Waals surface area (Å²) < 4.78 is 0. The third-order valence-electron chi connectivity index (χ3n) is 4.16. The average Bonchev–Trinajstić information content (AvgIpc) is 2.33. The van der Waals surface area contributed by atoms with E-state index in [9.17, 15) is 0 Å². The molecule has 1 aromatic rings. The first kappa shape index (κ1) is 13.7. The van der Waals surface area contributed by atoms with Gasteiger partial charge in [0.05, 0.1) is 0 Å². The zero-order chi connectivity index (χ0) is 13.1. The summed E-state index contributed by atoms with van der Waals surface area (Å²) in [6.07, 6.45) is 5.40. The summed E-state index contributed by atoms with van der Waals surface area (Å²) in [7, 11) is 2.21. The van der Waals surface area contributed by atoms with Crippen LogP contribution < -0.4 is 5.73 Å². The predicted molar refractivity (Wildman–Crippen MR) is 78.8 cm³/mol. The van der Waals surface area contributed by atoms with Gasteiger partial charge in [-0.2, -0.15) is 0 Å². The van der Waals surface area contributed by atoms with Gasteiger partial charge in [-0.3, -0.25) is 4.90 Å². The van der Waals surface area contributed by atoms with Crippen LogP contribution in [0.3, 0.4) is 0 Å². The molecule has 0 radical (unpaired) electrons. The molecule has 1 aromatic carbocycles. The van der Waals surface area contributed by atoms with Gasteiger partial charge in [0.15, 0.2) is 0 Å². The average molecular weight is 267 g/mol. The van der Waals surface area contributed by atoms with Crippen LogP contribution in [-0.4, -0.2) is 18.0 Å². The molecule has 1 fully saturated rings. The van der Waals surface area contributed by atoms with Gasteiger partial charge < -0.3 is 5.73 Å². The maximum absolute atomic E-state index is 6.02. The van der Waals surface area contributed by atoms with E-state index < -0.39 is 0 Å². The first-order valence-electron chi connectivity index (χ1n) is 6.82. The van der Waals surface area contributed by atoms with Gasteiger partial charge in [0.1, 0.15) is 0 Å². The molecule has 0 aromatic heterocycles. The number of nitrogen functional groups attached to an aromatic ring is 1. The first-order chi connectivity index (χ1) is 8.58. The van der Waals surface area contributed by atoms with Gasteiger partial charge in [0.25, 0.3) is 0 Å². The summed E-state index contributed by atoms with van der Waals surface area (Å²) in [5, 5.41) is 0.713. The van der Waals surface area contributed by atoms with E-state index in [1.54, 1.807) is 0 Å². The Balaban J connectivity index is 2.03. The lowest BCUT2D eigenvalue weighted by Crippen LogP contribution is -2.38. The van der Waals surface area contributed by atoms with Crippen molar-refractivity contribution in [3.05, 3.63) is 28.8 Å². The van der Waals surface area contributed by atoms with E-state index in [-0.39, 0.29) is 0 Å². The van der Waals surface area contributed by atoms with Gasteiger partial charge in [0, 0.05) is 23.3 Å². The summed E-state index contributed by atoms with van der Waals surface area (Å²) in [6.45, 7) is 3.28. The molecule has 0 aliphatic heterocycles. The Morgan fingerprint density at radius 2 is 2.06 bits per heavy atom. The second kappa shape index (κ2) is 5.94. The lowest BCUT2D eigenvalue weighted by atomic mass is 9.85. The van der Waals surface area contributed by atoms with Crippen LogP contribution in [0.4, 0.5) is 5.69 Å². The molecule has 2 unspecified atom stereocenters. The number of hydrogen-bond acceptors (Lipinski definition) is 2. The molecule has 0 bridgehead atoms. The zero-order valence-electron chi connectivity index (χ0n) is 11.3. The molecule has 1 aliphatic rings. The molecule has 0 saturated heterocycles. The van der Waals surface area contributed by atoms with Gasteiger partial charge in [-0.25, -0.2) is 0 Å². The lowest BCUT2D eigenvalue weighted by molar-refractivity contribution is 0.133. The topological polar surface area (TPSA) is 29.3 Å². The van der Waals surface area contributed by atoms with E-state index in [1.165, 1.54) is 31.2 Å². The van der Waals surface area contributed by atoms with E-state index >= 15 is 0 Å². The summed E-state index contributed by atoms with van der Waals surface area (Å²) in [5.41, 5.74) is 8.01. The van der Waals surface area contributed by atoms with Gasteiger partial charge >= 0.3 is 0 Å². The minimum absolute atomic E-state index is 0.689. The monoisotopic (exact) mass is 266 g/mol. The summed E-state index contributed by atoms with van der Waals surface area (Å²) >= 11 is 5.93. The number of nitrogens with zero attached hydrogens (tertiary/aromatic N) is 1. The third-order valence-corrected chi connectivity index (χ3v) is 4.40. The number of hydrogen-bond donors (Lipinski definition) is 1. The highest BCUT2D eigenvalue weighted by atomic mass is 35.5. The van der Waals surface area contributed by atoms with E-state index in [4.69, 9.17) is 17.3 Å². The molecule has 2 N–H and O–H groups in total. The highest BCUT2D eigenvalue weighted by molar-refractivity contribution is 6.30. The molecule has 2 rings (SSSR count). The minimum atomic E-state index is 0.689. The number of benzene rings is 1. The quantitative estimate of drug-likeness (QED) is 0.840. The van der Waals surface area contributed by atoms with Crippen LogP contribution >= 0.6 is 11.6 Å². The van der Waals surface area contributed by atoms with Crippen molar-refractivity contribution in [3.8, 4) is 0 Å². The maximum Gasteiger partial charge on any atom is 0.0426 e. The number of anilines is 1. The Morgan fingerprint density at radius 1 is 1.33 bits per heavy atom. The van der Waals surface area contributed by atoms with Crippen LogP contribution in [-0.2, 0) is 6.54 Å². The molecule has 18 heavy (non-hydrogen) atoms. The Labute approximate surface area is 115 Å². The Hall–Kier alpha value is -0.730. The molecule has 0 heterocycles. The van der Waals surface area contributed by atoms with Crippen LogP contribution in [0.2, 0.25) is 5.02 Å². The second-order valence-corrected chi connectivity index (χ2v) is 6.02. The van der Waals surface area contributed by atoms with E-state index in [2.05, 4.69) is 18.9 Å². The molecular formula is C15H23ClN2. The maximum atomic E-state index is 6.02. The molecule has 1 saturated carbocycles. The fourth-order valence-corrected chi connectivity index (χ4v) is 3.23. The third kappa shape index (κ3) is 3.18. The molecular weight excluding hydrogens is 244 g/mol. The van der Waals surface area contributed by atoms with Crippen LogP contribution in [0, 0.1) is 5.92 Å². The standard InChI is InChI=1S/C15H23ClN2/c1-11-5-3-4-6-15(11)18(2)10-12-7-8-13(16)9-14(12)17/h7-9,11,15H,3-6,10,17H2,1-2H3. The Bertz CT molecular complexity index is 405. The summed E-state index contributed by atoms with van der Waals surface area (Å²) in [5.74, 6) is 0.789. The molecule has 0 spiro atoms. The Kier molecular flexibility index (Phi) is 4.52. The van der Waals surface area contributed by atoms with Gasteiger partial charge in [0.2, 0.25) is 0 Å². The summed E-state index contributed by atoms with van der Waals surface area (Å²) in [4.78, 5) is 2.45. The lowest BCUT2D eigenvalue weighted by Gasteiger charge is -2.36. The van der Waals surface area contributed by atoms with Crippen molar-refractivity contribution in [1.82, 2.24) is 4.90 Å². The van der Waals surface area contributed by atoms with Gasteiger partial charge in [-0.15, -0.1) is 0 Å². The number of halogens is 1. The predicted octanol–water partition coefficient (Wildman–Crippen LogP) is 3.93. The highest BCUT2D eigenvalue weighted by Crippen LogP contribution is 2.29. The molecule has 1 aliphatic carbocycles. The van der Waals surface area contributed by atoms with Crippen molar-refractivity contribution in [2.45, 2.75) is 45.2 Å². The van der Waals surface area contributed by atoms with Gasteiger partial charge in [-0.1, -0.05) is 37.4 Å². The van der Waals surface area contributed by atoms with Crippen molar-refractivity contribution >= 4 is 17.3 Å². The molecule has 2 atom stereocenters. The van der Waals surface area contributed by atoms with E-state index in [1.807, 2.05) is 18.2 Å². The molecule has 3 heteroatoms. The van der Waals surface area contributed by atoms with Crippen LogP contribution in [0.5, 0.6) is 0 Å². The highest BCUT2D eigenvalue weighted by Gasteiger charge is 2.25. The number of rotatable bonds is 3. The largest absolute Gasteiger partial charge is 0.398 e. The first-order valence-corrected chi connectivity index (χ1v) is 7.20. The fraction of sp³-hybridized carbons (Fsp3) is 0.600. The van der Waals surface area contributed by atoms with Crippen molar-refractivity contribution in [3.63, 3.8) is 0 Å². The Morgan fingerprint density at radius 3 is 2.72 bits per heavy atom. The minimum Gasteiger partial charge on any atom is -0.398 e. The fourth-order valence-electron chi connectivity index (χ4n) is 3.05. The molecule has 2 nitrogen and oxygen atoms in total. The SMILES string of the molecule is CC1CCCCC1N(C)Cc1ccc(Cl)cc1N. The van der Waals surface area contributed by atoms with E-state index in [0.717, 1.165) is 18.2 Å². The molecule has 100 valence electrons. The smallest absolute Gasteiger partial charge is 0.0426 e. The van der Waals surface area contributed by atoms with Crippen molar-refractivity contribution < 1.29 is 0 Å². The van der Waals surface area contributed by atoms with Crippen LogP contribution in [0.1, 0.15) is 38.2 Å². The van der Waals surface area contributed by atoms with Crippen molar-refractivity contribution in [1.29, 1.82) is 0 Å². The number of nitrogens with two attached hydrogens (primary N) is 1. The van der Waals surface area contributed by atoms with Crippen molar-refractivity contribution in [2.24, 2.45) is 5.92 Å². The normalized spacial score (nSPS) is 24.4. The van der Waals surface area contributed by atoms with Gasteiger partial charge in [-0.05, 0) is 43.5 Å². The van der Waals surface area contributed by atoms with Crippen LogP contribution in [0.25, 0.3) is 0 Å². The van der Waals surface area contributed by atoms with Crippen molar-refractivity contribution in [2.75, 3.05) is 12.8 Å². The second-order valence-electron chi connectivity index (χ2n) is 5.59. The van der Waals surface area contributed by atoms with E-state index in [0.29, 0.717) is 11.1 Å². The molecule has 0 amide bonds. The zero-order valence-corrected chi connectivity index (χ0v) is 12.1. The summed E-state index contributed by atoms with van der Waals surface area (Å²) in [6, 6.07) is 6.50. The van der Waals surface area contributed by atoms with Crippen LogP contribution in [0.15, 0.2) is 18.2 Å².